The minimum atomic E-state index is -4.37. The quantitative estimate of drug-likeness (QED) is 0.306. The Balaban J connectivity index is 2.06. The lowest BCUT2D eigenvalue weighted by atomic mass is 10.1. The van der Waals surface area contributed by atoms with Gasteiger partial charge in [-0.1, -0.05) is 36.8 Å². The van der Waals surface area contributed by atoms with Crippen molar-refractivity contribution in [3.8, 4) is 11.5 Å². The number of nitrogens with zero attached hydrogens (tertiary/aromatic N) is 2. The van der Waals surface area contributed by atoms with Gasteiger partial charge in [-0.25, -0.2) is 12.8 Å². The summed E-state index contributed by atoms with van der Waals surface area (Å²) in [7, 11) is -1.57. The summed E-state index contributed by atoms with van der Waals surface area (Å²) in [4.78, 5) is 28.4. The van der Waals surface area contributed by atoms with Crippen molar-refractivity contribution in [2.75, 3.05) is 25.1 Å². The van der Waals surface area contributed by atoms with Crippen LogP contribution in [-0.2, 0) is 26.2 Å². The number of amides is 2. The summed E-state index contributed by atoms with van der Waals surface area (Å²) < 4.78 is 53.3. The van der Waals surface area contributed by atoms with Gasteiger partial charge in [0.15, 0.2) is 11.5 Å². The summed E-state index contributed by atoms with van der Waals surface area (Å²) in [5.74, 6) is -1.03. The Labute approximate surface area is 247 Å². The Morgan fingerprint density at radius 1 is 0.952 bits per heavy atom. The Hall–Kier alpha value is -4.12. The number of nitrogens with one attached hydrogen (secondary N) is 1. The first-order chi connectivity index (χ1) is 19.9. The zero-order valence-electron chi connectivity index (χ0n) is 24.8. The van der Waals surface area contributed by atoms with Gasteiger partial charge in [0.05, 0.1) is 24.8 Å². The highest BCUT2D eigenvalue weighted by atomic mass is 32.2. The molecule has 0 aliphatic rings. The number of methoxy groups -OCH3 is 2. The van der Waals surface area contributed by atoms with Crippen LogP contribution in [-0.4, -0.2) is 58.0 Å². The molecular weight excluding hydrogens is 561 g/mol. The van der Waals surface area contributed by atoms with Crippen molar-refractivity contribution >= 4 is 27.5 Å². The smallest absolute Gasteiger partial charge is 0.264 e. The van der Waals surface area contributed by atoms with Crippen molar-refractivity contribution in [3.05, 3.63) is 83.7 Å². The van der Waals surface area contributed by atoms with Gasteiger partial charge in [0.2, 0.25) is 11.8 Å². The van der Waals surface area contributed by atoms with Crippen molar-refractivity contribution in [2.24, 2.45) is 0 Å². The molecule has 3 rings (SSSR count). The average Bonchev–Trinajstić information content (AvgIpc) is 2.98. The number of carbonyl (C=O) groups is 2. The number of ether oxygens (including phenoxy) is 2. The van der Waals surface area contributed by atoms with E-state index in [1.807, 2.05) is 45.0 Å². The molecular formula is C31H38FN3O6S. The molecule has 42 heavy (non-hydrogen) atoms. The van der Waals surface area contributed by atoms with Gasteiger partial charge in [0, 0.05) is 18.7 Å². The summed E-state index contributed by atoms with van der Waals surface area (Å²) in [6.07, 6.45) is 0.701. The molecule has 2 amide bonds. The molecule has 3 aromatic carbocycles. The van der Waals surface area contributed by atoms with Crippen LogP contribution in [0.15, 0.2) is 71.6 Å². The van der Waals surface area contributed by atoms with Crippen LogP contribution < -0.4 is 19.1 Å². The number of rotatable bonds is 13. The number of anilines is 1. The molecule has 226 valence electrons. The fourth-order valence-electron chi connectivity index (χ4n) is 4.30. The van der Waals surface area contributed by atoms with E-state index in [0.29, 0.717) is 12.2 Å². The molecule has 0 fully saturated rings. The number of halogens is 1. The fourth-order valence-corrected chi connectivity index (χ4v) is 5.73. The van der Waals surface area contributed by atoms with Crippen molar-refractivity contribution in [1.82, 2.24) is 10.2 Å². The van der Waals surface area contributed by atoms with Crippen LogP contribution >= 0.6 is 0 Å². The molecule has 0 unspecified atom stereocenters. The second-order valence-corrected chi connectivity index (χ2v) is 11.9. The van der Waals surface area contributed by atoms with Crippen LogP contribution in [0, 0.1) is 12.7 Å². The van der Waals surface area contributed by atoms with E-state index in [1.54, 1.807) is 6.92 Å². The highest BCUT2D eigenvalue weighted by molar-refractivity contribution is 7.92. The molecule has 0 radical (unpaired) electrons. The van der Waals surface area contributed by atoms with E-state index in [2.05, 4.69) is 5.32 Å². The van der Waals surface area contributed by atoms with Gasteiger partial charge in [-0.3, -0.25) is 13.9 Å². The molecule has 0 heterocycles. The first kappa shape index (κ1) is 32.4. The lowest BCUT2D eigenvalue weighted by Crippen LogP contribution is -2.52. The number of sulfonamides is 1. The first-order valence-corrected chi connectivity index (χ1v) is 15.0. The maximum atomic E-state index is 14.0. The summed E-state index contributed by atoms with van der Waals surface area (Å²) in [6.45, 7) is 6.75. The molecule has 0 aliphatic heterocycles. The predicted molar refractivity (Wildman–Crippen MR) is 160 cm³/mol. The number of benzene rings is 3. The van der Waals surface area contributed by atoms with Crippen molar-refractivity contribution in [1.29, 1.82) is 0 Å². The third-order valence-electron chi connectivity index (χ3n) is 6.94. The maximum absolute atomic E-state index is 14.0. The van der Waals surface area contributed by atoms with Crippen LogP contribution in [0.1, 0.15) is 38.3 Å². The molecule has 0 aromatic heterocycles. The van der Waals surface area contributed by atoms with Crippen LogP contribution in [0.5, 0.6) is 11.5 Å². The second kappa shape index (κ2) is 14.2. The standard InChI is InChI=1S/C31H38FN3O6S/c1-7-22(3)33-31(37)23(4)34(19-24-10-8-9-21(2)17-24)30(36)20-35(26-13-11-25(32)12-14-26)42(38,39)27-15-16-28(40-5)29(18-27)41-6/h8-18,22-23H,7,19-20H2,1-6H3,(H,33,37)/t22-,23-/m1/s1. The van der Waals surface area contributed by atoms with Gasteiger partial charge < -0.3 is 19.7 Å². The van der Waals surface area contributed by atoms with Crippen molar-refractivity contribution in [2.45, 2.75) is 57.6 Å². The molecule has 11 heteroatoms. The normalized spacial score (nSPS) is 12.6. The minimum Gasteiger partial charge on any atom is -0.493 e. The number of hydrogen-bond donors (Lipinski definition) is 1. The average molecular weight is 600 g/mol. The Morgan fingerprint density at radius 3 is 2.21 bits per heavy atom. The molecule has 0 spiro atoms. The van der Waals surface area contributed by atoms with Crippen molar-refractivity contribution in [3.63, 3.8) is 0 Å². The van der Waals surface area contributed by atoms with E-state index in [0.717, 1.165) is 27.6 Å². The summed E-state index contributed by atoms with van der Waals surface area (Å²) in [6, 6.07) is 15.4. The summed E-state index contributed by atoms with van der Waals surface area (Å²) in [5, 5.41) is 2.90. The van der Waals surface area contributed by atoms with E-state index in [1.165, 1.54) is 49.5 Å². The Kier molecular flexibility index (Phi) is 10.9. The molecule has 9 nitrogen and oxygen atoms in total. The van der Waals surface area contributed by atoms with Gasteiger partial charge >= 0.3 is 0 Å². The number of hydrogen-bond acceptors (Lipinski definition) is 6. The highest BCUT2D eigenvalue weighted by Crippen LogP contribution is 2.32. The molecule has 3 aromatic rings. The third kappa shape index (κ3) is 7.79. The molecule has 0 saturated heterocycles. The van der Waals surface area contributed by atoms with Crippen LogP contribution in [0.3, 0.4) is 0 Å². The largest absolute Gasteiger partial charge is 0.493 e. The van der Waals surface area contributed by atoms with E-state index in [9.17, 15) is 22.4 Å². The highest BCUT2D eigenvalue weighted by Gasteiger charge is 2.33. The molecule has 0 saturated carbocycles. The van der Waals surface area contributed by atoms with Crippen LogP contribution in [0.2, 0.25) is 0 Å². The topological polar surface area (TPSA) is 105 Å². The van der Waals surface area contributed by atoms with Gasteiger partial charge in [0.1, 0.15) is 18.4 Å². The predicted octanol–water partition coefficient (Wildman–Crippen LogP) is 4.68. The lowest BCUT2D eigenvalue weighted by Gasteiger charge is -2.32. The maximum Gasteiger partial charge on any atom is 0.264 e. The first-order valence-electron chi connectivity index (χ1n) is 13.6. The molecule has 1 N–H and O–H groups in total. The Morgan fingerprint density at radius 2 is 1.62 bits per heavy atom. The van der Waals surface area contributed by atoms with Gasteiger partial charge in [-0.2, -0.15) is 0 Å². The third-order valence-corrected chi connectivity index (χ3v) is 8.71. The van der Waals surface area contributed by atoms with E-state index < -0.39 is 34.3 Å². The zero-order valence-corrected chi connectivity index (χ0v) is 25.6. The lowest BCUT2D eigenvalue weighted by molar-refractivity contribution is -0.139. The summed E-state index contributed by atoms with van der Waals surface area (Å²) in [5.41, 5.74) is 1.83. The molecule has 2 atom stereocenters. The van der Waals surface area contributed by atoms with Gasteiger partial charge in [-0.05, 0) is 69.2 Å². The van der Waals surface area contributed by atoms with Gasteiger partial charge in [-0.15, -0.1) is 0 Å². The monoisotopic (exact) mass is 599 g/mol. The minimum absolute atomic E-state index is 0.0727. The van der Waals surface area contributed by atoms with E-state index >= 15 is 0 Å². The van der Waals surface area contributed by atoms with E-state index in [-0.39, 0.29) is 34.8 Å². The van der Waals surface area contributed by atoms with Gasteiger partial charge in [0.25, 0.3) is 10.0 Å². The fraction of sp³-hybridized carbons (Fsp3) is 0.355. The number of aryl methyl sites for hydroxylation is 1. The SMILES string of the molecule is CC[C@@H](C)NC(=O)[C@@H](C)N(Cc1cccc(C)c1)C(=O)CN(c1ccc(F)cc1)S(=O)(=O)c1ccc(OC)c(OC)c1. The van der Waals surface area contributed by atoms with Crippen LogP contribution in [0.25, 0.3) is 0 Å². The summed E-state index contributed by atoms with van der Waals surface area (Å²) >= 11 is 0. The van der Waals surface area contributed by atoms with Crippen molar-refractivity contribution < 1.29 is 31.9 Å². The van der Waals surface area contributed by atoms with Crippen LogP contribution in [0.4, 0.5) is 10.1 Å². The Bertz CT molecular complexity index is 1500. The molecule has 0 aliphatic carbocycles. The molecule has 0 bridgehead atoms. The second-order valence-electron chi connectivity index (χ2n) is 10.0. The van der Waals surface area contributed by atoms with E-state index in [4.69, 9.17) is 9.47 Å². The zero-order chi connectivity index (χ0) is 31.0. The number of carbonyl (C=O) groups excluding carboxylic acids is 2.